The third-order valence-electron chi connectivity index (χ3n) is 4.77. The van der Waals surface area contributed by atoms with Gasteiger partial charge in [0.2, 0.25) is 0 Å². The lowest BCUT2D eigenvalue weighted by atomic mass is 10.2. The van der Waals surface area contributed by atoms with Crippen molar-refractivity contribution < 1.29 is 0 Å². The van der Waals surface area contributed by atoms with E-state index in [9.17, 15) is 0 Å². The number of aromatic nitrogens is 3. The van der Waals surface area contributed by atoms with Gasteiger partial charge in [-0.05, 0) is 49.7 Å². The topological polar surface area (TPSA) is 29.2 Å². The number of hydrogen-bond acceptors (Lipinski definition) is 4. The number of rotatable bonds is 4. The van der Waals surface area contributed by atoms with Crippen LogP contribution in [0.15, 0.2) is 30.6 Å². The highest BCUT2D eigenvalue weighted by Gasteiger charge is 2.25. The van der Waals surface area contributed by atoms with Gasteiger partial charge in [-0.3, -0.25) is 4.90 Å². The van der Waals surface area contributed by atoms with E-state index in [1.807, 2.05) is 11.0 Å². The fraction of sp³-hybridized carbons (Fsp3) is 0.529. The Balaban J connectivity index is 1.37. The Bertz CT molecular complexity index is 737. The van der Waals surface area contributed by atoms with Crippen LogP contribution in [0, 0.1) is 11.7 Å². The lowest BCUT2D eigenvalue weighted by Crippen LogP contribution is -2.47. The highest BCUT2D eigenvalue weighted by atomic mass is 32.1. The molecule has 6 heteroatoms. The molecule has 0 spiro atoms. The summed E-state index contributed by atoms with van der Waals surface area (Å²) < 4.78 is 4.99. The number of benzene rings is 1. The Morgan fingerprint density at radius 1 is 1.17 bits per heavy atom. The van der Waals surface area contributed by atoms with Crippen LogP contribution >= 0.6 is 12.2 Å². The van der Waals surface area contributed by atoms with Gasteiger partial charge in [-0.2, -0.15) is 5.10 Å². The van der Waals surface area contributed by atoms with Crippen LogP contribution in [0.4, 0.5) is 5.69 Å². The first-order valence-corrected chi connectivity index (χ1v) is 8.79. The summed E-state index contributed by atoms with van der Waals surface area (Å²) in [7, 11) is 0. The Morgan fingerprint density at radius 3 is 2.65 bits per heavy atom. The number of nitrogens with zero attached hydrogens (tertiary/aromatic N) is 5. The average Bonchev–Trinajstić information content (AvgIpc) is 3.34. The first-order chi connectivity index (χ1) is 11.2. The predicted octanol–water partition coefficient (Wildman–Crippen LogP) is 2.84. The van der Waals surface area contributed by atoms with E-state index in [0.717, 1.165) is 37.6 Å². The molecule has 1 aliphatic carbocycles. The second-order valence-electron chi connectivity index (χ2n) is 6.64. The summed E-state index contributed by atoms with van der Waals surface area (Å²) in [5.41, 5.74) is 2.65. The standard InChI is InChI=1S/C17H23N5S/c1-14-3-2-4-16(11-14)20-9-7-19(8-10-20)13-22-17(23)21(12-18-22)15-5-6-15/h2-4,11-12,15H,5-10,13H2,1H3. The minimum atomic E-state index is 0.606. The van der Waals surface area contributed by atoms with Crippen LogP contribution in [0.2, 0.25) is 0 Å². The van der Waals surface area contributed by atoms with Gasteiger partial charge in [-0.15, -0.1) is 0 Å². The smallest absolute Gasteiger partial charge is 0.199 e. The van der Waals surface area contributed by atoms with E-state index in [1.54, 1.807) is 0 Å². The molecule has 2 aromatic rings. The molecule has 2 aliphatic rings. The molecule has 1 aromatic carbocycles. The van der Waals surface area contributed by atoms with Gasteiger partial charge < -0.3 is 9.47 Å². The number of aryl methyl sites for hydroxylation is 1. The molecule has 23 heavy (non-hydrogen) atoms. The van der Waals surface area contributed by atoms with E-state index < -0.39 is 0 Å². The SMILES string of the molecule is Cc1cccc(N2CCN(Cn3ncn(C4CC4)c3=S)CC2)c1. The highest BCUT2D eigenvalue weighted by molar-refractivity contribution is 7.71. The maximum absolute atomic E-state index is 5.55. The molecule has 0 radical (unpaired) electrons. The van der Waals surface area contributed by atoms with Crippen LogP contribution in [-0.4, -0.2) is 45.4 Å². The summed E-state index contributed by atoms with van der Waals surface area (Å²) in [6.45, 7) is 7.16. The third kappa shape index (κ3) is 3.19. The van der Waals surface area contributed by atoms with Gasteiger partial charge in [-0.1, -0.05) is 12.1 Å². The Labute approximate surface area is 142 Å². The molecule has 2 fully saturated rings. The first-order valence-electron chi connectivity index (χ1n) is 8.38. The van der Waals surface area contributed by atoms with Crippen LogP contribution in [0.25, 0.3) is 0 Å². The van der Waals surface area contributed by atoms with Crippen molar-refractivity contribution in [1.29, 1.82) is 0 Å². The van der Waals surface area contributed by atoms with E-state index in [4.69, 9.17) is 12.2 Å². The molecule has 1 aliphatic heterocycles. The van der Waals surface area contributed by atoms with E-state index in [0.29, 0.717) is 6.04 Å². The molecule has 0 bridgehead atoms. The van der Waals surface area contributed by atoms with Crippen LogP contribution < -0.4 is 4.90 Å². The molecule has 0 N–H and O–H groups in total. The molecule has 1 saturated carbocycles. The van der Waals surface area contributed by atoms with Crippen molar-refractivity contribution in [2.24, 2.45) is 0 Å². The van der Waals surface area contributed by atoms with Gasteiger partial charge in [0.15, 0.2) is 4.77 Å². The van der Waals surface area contributed by atoms with Crippen LogP contribution in [0.1, 0.15) is 24.4 Å². The second kappa shape index (κ2) is 6.09. The van der Waals surface area contributed by atoms with Crippen molar-refractivity contribution in [3.8, 4) is 0 Å². The quantitative estimate of drug-likeness (QED) is 0.807. The van der Waals surface area contributed by atoms with Crippen molar-refractivity contribution >= 4 is 17.9 Å². The third-order valence-corrected chi connectivity index (χ3v) is 5.19. The molecule has 122 valence electrons. The van der Waals surface area contributed by atoms with Crippen LogP contribution in [-0.2, 0) is 6.67 Å². The molecule has 0 amide bonds. The van der Waals surface area contributed by atoms with Crippen molar-refractivity contribution in [2.45, 2.75) is 32.5 Å². The number of piperazine rings is 1. The largest absolute Gasteiger partial charge is 0.369 e. The molecule has 5 nitrogen and oxygen atoms in total. The first kappa shape index (κ1) is 14.9. The number of anilines is 1. The molecule has 1 aromatic heterocycles. The molecule has 1 saturated heterocycles. The van der Waals surface area contributed by atoms with Crippen molar-refractivity contribution in [1.82, 2.24) is 19.2 Å². The second-order valence-corrected chi connectivity index (χ2v) is 7.00. The predicted molar refractivity (Wildman–Crippen MR) is 94.3 cm³/mol. The van der Waals surface area contributed by atoms with Gasteiger partial charge >= 0.3 is 0 Å². The zero-order chi connectivity index (χ0) is 15.8. The Kier molecular flexibility index (Phi) is 3.95. The summed E-state index contributed by atoms with van der Waals surface area (Å²) in [6.07, 6.45) is 4.40. The summed E-state index contributed by atoms with van der Waals surface area (Å²) in [5, 5.41) is 4.48. The Hall–Kier alpha value is -1.66. The van der Waals surface area contributed by atoms with Gasteiger partial charge in [0.1, 0.15) is 6.33 Å². The van der Waals surface area contributed by atoms with Crippen LogP contribution in [0.5, 0.6) is 0 Å². The Morgan fingerprint density at radius 2 is 1.96 bits per heavy atom. The molecule has 2 heterocycles. The fourth-order valence-electron chi connectivity index (χ4n) is 3.21. The van der Waals surface area contributed by atoms with E-state index in [2.05, 4.69) is 50.7 Å². The summed E-state index contributed by atoms with van der Waals surface area (Å²) >= 11 is 5.55. The van der Waals surface area contributed by atoms with Crippen molar-refractivity contribution in [3.05, 3.63) is 40.9 Å². The summed E-state index contributed by atoms with van der Waals surface area (Å²) in [6, 6.07) is 9.37. The summed E-state index contributed by atoms with van der Waals surface area (Å²) in [5.74, 6) is 0. The maximum Gasteiger partial charge on any atom is 0.199 e. The van der Waals surface area contributed by atoms with Gasteiger partial charge in [0.25, 0.3) is 0 Å². The minimum absolute atomic E-state index is 0.606. The van der Waals surface area contributed by atoms with Gasteiger partial charge in [-0.25, -0.2) is 4.68 Å². The van der Waals surface area contributed by atoms with E-state index in [1.165, 1.54) is 24.1 Å². The fourth-order valence-corrected chi connectivity index (χ4v) is 3.51. The van der Waals surface area contributed by atoms with Crippen LogP contribution in [0.3, 0.4) is 0 Å². The molecule has 0 unspecified atom stereocenters. The average molecular weight is 329 g/mol. The lowest BCUT2D eigenvalue weighted by Gasteiger charge is -2.36. The zero-order valence-corrected chi connectivity index (χ0v) is 14.4. The molecule has 4 rings (SSSR count). The van der Waals surface area contributed by atoms with Crippen molar-refractivity contribution in [2.75, 3.05) is 31.1 Å². The zero-order valence-electron chi connectivity index (χ0n) is 13.6. The maximum atomic E-state index is 5.55. The highest BCUT2D eigenvalue weighted by Crippen LogP contribution is 2.34. The van der Waals surface area contributed by atoms with Gasteiger partial charge in [0, 0.05) is 37.9 Å². The molecular formula is C17H23N5S. The molecule has 0 atom stereocenters. The van der Waals surface area contributed by atoms with E-state index in [-0.39, 0.29) is 0 Å². The number of hydrogen-bond donors (Lipinski definition) is 0. The normalized spacial score (nSPS) is 19.3. The summed E-state index contributed by atoms with van der Waals surface area (Å²) in [4.78, 5) is 4.90. The van der Waals surface area contributed by atoms with Crippen molar-refractivity contribution in [3.63, 3.8) is 0 Å². The lowest BCUT2D eigenvalue weighted by molar-refractivity contribution is 0.194. The minimum Gasteiger partial charge on any atom is -0.369 e. The molecular weight excluding hydrogens is 306 g/mol. The van der Waals surface area contributed by atoms with Gasteiger partial charge in [0.05, 0.1) is 6.67 Å². The monoisotopic (exact) mass is 329 g/mol. The van der Waals surface area contributed by atoms with E-state index >= 15 is 0 Å².